The van der Waals surface area contributed by atoms with Crippen molar-refractivity contribution in [3.8, 4) is 5.75 Å². The van der Waals surface area contributed by atoms with Crippen LogP contribution in [0.5, 0.6) is 5.75 Å². The Hall–Kier alpha value is -1.36. The van der Waals surface area contributed by atoms with E-state index in [1.54, 1.807) is 0 Å². The fourth-order valence-electron chi connectivity index (χ4n) is 1.07. The van der Waals surface area contributed by atoms with Gasteiger partial charge < -0.3 is 10.2 Å². The number of hydrogen-bond acceptors (Lipinski definition) is 2. The predicted molar refractivity (Wildman–Crippen MR) is 49.1 cm³/mol. The quantitative estimate of drug-likeness (QED) is 0.776. The zero-order valence-corrected chi connectivity index (χ0v) is 8.35. The predicted octanol–water partition coefficient (Wildman–Crippen LogP) is 2.51. The van der Waals surface area contributed by atoms with Crippen LogP contribution in [0.3, 0.4) is 0 Å². The lowest BCUT2D eigenvalue weighted by Gasteiger charge is -2.11. The molecule has 1 unspecified atom stereocenters. The Labute approximate surface area is 88.9 Å². The van der Waals surface area contributed by atoms with E-state index in [1.165, 1.54) is 6.92 Å². The molecule has 1 aromatic rings. The van der Waals surface area contributed by atoms with Gasteiger partial charge in [-0.05, 0) is 13.0 Å². The smallest absolute Gasteiger partial charge is 0.310 e. The minimum atomic E-state index is -1.39. The Kier molecular flexibility index (Phi) is 3.14. The first-order valence-corrected chi connectivity index (χ1v) is 4.33. The summed E-state index contributed by atoms with van der Waals surface area (Å²) in [5.41, 5.74) is -0.258. The maximum Gasteiger partial charge on any atom is 0.310 e. The number of phenolic OH excluding ortho intramolecular Hbond substituents is 1. The lowest BCUT2D eigenvalue weighted by molar-refractivity contribution is -0.138. The summed E-state index contributed by atoms with van der Waals surface area (Å²) in [5.74, 6) is -5.87. The fourth-order valence-corrected chi connectivity index (χ4v) is 1.27. The van der Waals surface area contributed by atoms with Crippen LogP contribution in [-0.2, 0) is 4.79 Å². The maximum absolute atomic E-state index is 12.9. The standard InChI is InChI=1S/C9H7ClF2O3/c1-3(9(14)15)4-2-5(11)7(12)6(10)8(4)13/h2-3,13H,1H3,(H,14,15). The van der Waals surface area contributed by atoms with Gasteiger partial charge in [0.2, 0.25) is 0 Å². The molecule has 0 aliphatic heterocycles. The van der Waals surface area contributed by atoms with E-state index in [1.807, 2.05) is 0 Å². The van der Waals surface area contributed by atoms with Crippen molar-refractivity contribution in [2.45, 2.75) is 12.8 Å². The molecule has 0 fully saturated rings. The monoisotopic (exact) mass is 236 g/mol. The number of aliphatic carboxylic acids is 1. The van der Waals surface area contributed by atoms with Gasteiger partial charge in [-0.25, -0.2) is 8.78 Å². The van der Waals surface area contributed by atoms with Gasteiger partial charge in [-0.3, -0.25) is 4.79 Å². The summed E-state index contributed by atoms with van der Waals surface area (Å²) in [6.45, 7) is 1.23. The van der Waals surface area contributed by atoms with Crippen molar-refractivity contribution >= 4 is 17.6 Å². The number of carbonyl (C=O) groups is 1. The SMILES string of the molecule is CC(C(=O)O)c1cc(F)c(F)c(Cl)c1O. The molecule has 0 saturated heterocycles. The largest absolute Gasteiger partial charge is 0.506 e. The lowest BCUT2D eigenvalue weighted by Crippen LogP contribution is -2.08. The molecule has 15 heavy (non-hydrogen) atoms. The highest BCUT2D eigenvalue weighted by molar-refractivity contribution is 6.32. The average Bonchev–Trinajstić information content (AvgIpc) is 2.19. The molecule has 0 amide bonds. The van der Waals surface area contributed by atoms with E-state index in [4.69, 9.17) is 16.7 Å². The molecule has 2 N–H and O–H groups in total. The topological polar surface area (TPSA) is 57.5 Å². The second-order valence-corrected chi connectivity index (χ2v) is 3.36. The van der Waals surface area contributed by atoms with Crippen LogP contribution in [0.25, 0.3) is 0 Å². The van der Waals surface area contributed by atoms with Gasteiger partial charge in [-0.2, -0.15) is 0 Å². The Morgan fingerprint density at radius 3 is 2.53 bits per heavy atom. The minimum Gasteiger partial charge on any atom is -0.506 e. The molecule has 0 bridgehead atoms. The van der Waals surface area contributed by atoms with Crippen LogP contribution < -0.4 is 0 Å². The summed E-state index contributed by atoms with van der Waals surface area (Å²) < 4.78 is 25.7. The first-order valence-electron chi connectivity index (χ1n) is 3.95. The normalized spacial score (nSPS) is 12.5. The third kappa shape index (κ3) is 2.02. The van der Waals surface area contributed by atoms with E-state index in [0.29, 0.717) is 6.07 Å². The van der Waals surface area contributed by atoms with E-state index in [0.717, 1.165) is 0 Å². The number of rotatable bonds is 2. The molecule has 82 valence electrons. The van der Waals surface area contributed by atoms with E-state index in [2.05, 4.69) is 0 Å². The van der Waals surface area contributed by atoms with Crippen molar-refractivity contribution in [3.05, 3.63) is 28.3 Å². The lowest BCUT2D eigenvalue weighted by atomic mass is 10.00. The van der Waals surface area contributed by atoms with Crippen LogP contribution in [0.2, 0.25) is 5.02 Å². The van der Waals surface area contributed by atoms with Crippen LogP contribution in [0.15, 0.2) is 6.07 Å². The summed E-state index contributed by atoms with van der Waals surface area (Å²) in [5, 5.41) is 17.2. The molecule has 0 aromatic heterocycles. The Balaban J connectivity index is 3.38. The van der Waals surface area contributed by atoms with Gasteiger partial charge in [0.05, 0.1) is 5.92 Å². The summed E-state index contributed by atoms with van der Waals surface area (Å²) in [7, 11) is 0. The highest BCUT2D eigenvalue weighted by atomic mass is 35.5. The average molecular weight is 237 g/mol. The van der Waals surface area contributed by atoms with Gasteiger partial charge in [0.1, 0.15) is 10.8 Å². The number of aromatic hydroxyl groups is 1. The summed E-state index contributed by atoms with van der Waals surface area (Å²) >= 11 is 5.28. The second kappa shape index (κ2) is 4.02. The first kappa shape index (κ1) is 11.7. The number of phenols is 1. The summed E-state index contributed by atoms with van der Waals surface area (Å²) in [4.78, 5) is 10.6. The van der Waals surface area contributed by atoms with Gasteiger partial charge in [0.25, 0.3) is 0 Å². The van der Waals surface area contributed by atoms with Crippen molar-refractivity contribution in [1.29, 1.82) is 0 Å². The summed E-state index contributed by atoms with van der Waals surface area (Å²) in [6.07, 6.45) is 0. The third-order valence-corrected chi connectivity index (χ3v) is 2.35. The Morgan fingerprint density at radius 2 is 2.07 bits per heavy atom. The molecule has 0 heterocycles. The first-order chi connectivity index (χ1) is 6.86. The van der Waals surface area contributed by atoms with E-state index in [-0.39, 0.29) is 5.56 Å². The number of carboxylic acids is 1. The molecule has 6 heteroatoms. The molecule has 1 atom stereocenters. The number of halogens is 3. The van der Waals surface area contributed by atoms with Crippen LogP contribution in [0, 0.1) is 11.6 Å². The Bertz CT molecular complexity index is 420. The van der Waals surface area contributed by atoms with Gasteiger partial charge in [0.15, 0.2) is 11.6 Å². The van der Waals surface area contributed by atoms with E-state index in [9.17, 15) is 18.7 Å². The molecule has 0 saturated carbocycles. The zero-order chi connectivity index (χ0) is 11.7. The highest BCUT2D eigenvalue weighted by Gasteiger charge is 2.23. The van der Waals surface area contributed by atoms with E-state index >= 15 is 0 Å². The van der Waals surface area contributed by atoms with Gasteiger partial charge in [-0.1, -0.05) is 11.6 Å². The molecule has 1 rings (SSSR count). The zero-order valence-electron chi connectivity index (χ0n) is 7.59. The third-order valence-electron chi connectivity index (χ3n) is 2.00. The van der Waals surface area contributed by atoms with Crippen LogP contribution in [0.1, 0.15) is 18.4 Å². The number of hydrogen-bond donors (Lipinski definition) is 2. The van der Waals surface area contributed by atoms with Crippen molar-refractivity contribution < 1.29 is 23.8 Å². The summed E-state index contributed by atoms with van der Waals surface area (Å²) in [6, 6.07) is 0.620. The second-order valence-electron chi connectivity index (χ2n) is 2.98. The van der Waals surface area contributed by atoms with Gasteiger partial charge >= 0.3 is 5.97 Å². The fraction of sp³-hybridized carbons (Fsp3) is 0.222. The van der Waals surface area contributed by atoms with Crippen LogP contribution >= 0.6 is 11.6 Å². The molecule has 1 aromatic carbocycles. The molecule has 3 nitrogen and oxygen atoms in total. The van der Waals surface area contributed by atoms with Gasteiger partial charge in [-0.15, -0.1) is 0 Å². The number of benzene rings is 1. The van der Waals surface area contributed by atoms with Crippen molar-refractivity contribution in [2.24, 2.45) is 0 Å². The maximum atomic E-state index is 12.9. The number of carboxylic acid groups (broad SMARTS) is 1. The Morgan fingerprint density at radius 1 is 1.53 bits per heavy atom. The molecule has 0 aliphatic carbocycles. The molecular formula is C9H7ClF2O3. The van der Waals surface area contributed by atoms with Crippen LogP contribution in [-0.4, -0.2) is 16.2 Å². The molecular weight excluding hydrogens is 230 g/mol. The molecule has 0 radical (unpaired) electrons. The molecule has 0 aliphatic rings. The van der Waals surface area contributed by atoms with Crippen molar-refractivity contribution in [1.82, 2.24) is 0 Å². The highest BCUT2D eigenvalue weighted by Crippen LogP contribution is 2.35. The van der Waals surface area contributed by atoms with Gasteiger partial charge in [0, 0.05) is 5.56 Å². The minimum absolute atomic E-state index is 0.258. The van der Waals surface area contributed by atoms with Crippen LogP contribution in [0.4, 0.5) is 8.78 Å². The molecule has 0 spiro atoms. The van der Waals surface area contributed by atoms with E-state index < -0.39 is 34.3 Å². The van der Waals surface area contributed by atoms with Crippen molar-refractivity contribution in [2.75, 3.05) is 0 Å². The van der Waals surface area contributed by atoms with Crippen molar-refractivity contribution in [3.63, 3.8) is 0 Å².